The van der Waals surface area contributed by atoms with Gasteiger partial charge in [0.1, 0.15) is 17.3 Å². The van der Waals surface area contributed by atoms with Crippen LogP contribution in [0.2, 0.25) is 0 Å². The minimum absolute atomic E-state index is 0.0211. The normalized spacial score (nSPS) is 20.5. The third-order valence-corrected chi connectivity index (χ3v) is 4.12. The monoisotopic (exact) mass is 318 g/mol. The van der Waals surface area contributed by atoms with Crippen molar-refractivity contribution >= 4 is 11.8 Å². The highest BCUT2D eigenvalue weighted by atomic mass is 16.5. The molecule has 1 amide bonds. The van der Waals surface area contributed by atoms with Gasteiger partial charge in [0, 0.05) is 6.54 Å². The predicted octanol–water partition coefficient (Wildman–Crippen LogP) is 2.89. The van der Waals surface area contributed by atoms with Gasteiger partial charge in [-0.1, -0.05) is 26.0 Å². The van der Waals surface area contributed by atoms with Crippen LogP contribution in [0.1, 0.15) is 33.3 Å². The summed E-state index contributed by atoms with van der Waals surface area (Å²) in [6.07, 6.45) is 0. The Bertz CT molecular complexity index is 591. The van der Waals surface area contributed by atoms with Gasteiger partial charge in [-0.15, -0.1) is 0 Å². The molecule has 1 heterocycles. The zero-order valence-corrected chi connectivity index (χ0v) is 14.8. The lowest BCUT2D eigenvalue weighted by molar-refractivity contribution is -0.140. The molecule has 0 bridgehead atoms. The second kappa shape index (κ2) is 6.60. The van der Waals surface area contributed by atoms with Gasteiger partial charge in [-0.2, -0.15) is 0 Å². The SMILES string of the molecule is COC1=NC(C)(C)C(=O)N(Cc2ccc(OC)cc2)[C@H]1C(C)C. The van der Waals surface area contributed by atoms with E-state index in [-0.39, 0.29) is 17.9 Å². The van der Waals surface area contributed by atoms with E-state index >= 15 is 0 Å². The van der Waals surface area contributed by atoms with Crippen LogP contribution in [0.3, 0.4) is 0 Å². The average molecular weight is 318 g/mol. The van der Waals surface area contributed by atoms with Crippen molar-refractivity contribution in [3.8, 4) is 5.75 Å². The zero-order valence-electron chi connectivity index (χ0n) is 14.8. The molecular weight excluding hydrogens is 292 g/mol. The lowest BCUT2D eigenvalue weighted by atomic mass is 9.93. The first-order valence-electron chi connectivity index (χ1n) is 7.88. The quantitative estimate of drug-likeness (QED) is 0.858. The van der Waals surface area contributed by atoms with E-state index in [2.05, 4.69) is 18.8 Å². The van der Waals surface area contributed by atoms with E-state index in [1.807, 2.05) is 43.0 Å². The number of amides is 1. The third-order valence-electron chi connectivity index (χ3n) is 4.12. The van der Waals surface area contributed by atoms with Crippen LogP contribution in [-0.2, 0) is 16.1 Å². The summed E-state index contributed by atoms with van der Waals surface area (Å²) in [7, 11) is 3.26. The molecule has 0 radical (unpaired) electrons. The molecule has 0 saturated heterocycles. The summed E-state index contributed by atoms with van der Waals surface area (Å²) in [6.45, 7) is 8.33. The van der Waals surface area contributed by atoms with E-state index < -0.39 is 5.54 Å². The Morgan fingerprint density at radius 1 is 1.17 bits per heavy atom. The molecule has 0 fully saturated rings. The second-order valence-electron chi connectivity index (χ2n) is 6.68. The topological polar surface area (TPSA) is 51.1 Å². The number of ether oxygens (including phenoxy) is 2. The number of nitrogens with zero attached hydrogens (tertiary/aromatic N) is 2. The first kappa shape index (κ1) is 17.3. The van der Waals surface area contributed by atoms with Gasteiger partial charge in [0.15, 0.2) is 0 Å². The van der Waals surface area contributed by atoms with Crippen LogP contribution in [0.4, 0.5) is 0 Å². The van der Waals surface area contributed by atoms with Crippen LogP contribution in [0.15, 0.2) is 29.3 Å². The van der Waals surface area contributed by atoms with E-state index in [0.29, 0.717) is 12.4 Å². The highest BCUT2D eigenvalue weighted by Gasteiger charge is 2.44. The van der Waals surface area contributed by atoms with E-state index in [0.717, 1.165) is 11.3 Å². The Morgan fingerprint density at radius 3 is 2.26 bits per heavy atom. The van der Waals surface area contributed by atoms with Gasteiger partial charge in [0.2, 0.25) is 5.90 Å². The Labute approximate surface area is 138 Å². The summed E-state index contributed by atoms with van der Waals surface area (Å²) in [5, 5.41) is 0. The number of rotatable bonds is 4. The number of carbonyl (C=O) groups is 1. The number of hydrogen-bond donors (Lipinski definition) is 0. The Kier molecular flexibility index (Phi) is 4.97. The number of benzene rings is 1. The van der Waals surface area contributed by atoms with Crippen LogP contribution in [0.5, 0.6) is 5.75 Å². The predicted molar refractivity (Wildman–Crippen MR) is 90.7 cm³/mol. The van der Waals surface area contributed by atoms with Gasteiger partial charge in [-0.05, 0) is 37.5 Å². The molecule has 0 spiro atoms. The van der Waals surface area contributed by atoms with Crippen molar-refractivity contribution in [1.29, 1.82) is 0 Å². The standard InChI is InChI=1S/C18H26N2O3/c1-12(2)15-16(23-6)19-18(3,4)17(21)20(15)11-13-7-9-14(22-5)10-8-13/h7-10,12,15H,11H2,1-6H3/t15-/m0/s1. The van der Waals surface area contributed by atoms with Gasteiger partial charge in [0.25, 0.3) is 5.91 Å². The summed E-state index contributed by atoms with van der Waals surface area (Å²) in [6, 6.07) is 7.63. The summed E-state index contributed by atoms with van der Waals surface area (Å²) < 4.78 is 10.7. The van der Waals surface area contributed by atoms with Gasteiger partial charge in [-0.25, -0.2) is 4.99 Å². The highest BCUT2D eigenvalue weighted by Crippen LogP contribution is 2.28. The molecule has 1 aliphatic heterocycles. The van der Waals surface area contributed by atoms with Crippen molar-refractivity contribution in [3.63, 3.8) is 0 Å². The van der Waals surface area contributed by atoms with E-state index in [4.69, 9.17) is 9.47 Å². The molecule has 1 aliphatic rings. The van der Waals surface area contributed by atoms with Crippen molar-refractivity contribution in [2.24, 2.45) is 10.9 Å². The van der Waals surface area contributed by atoms with Gasteiger partial charge < -0.3 is 14.4 Å². The van der Waals surface area contributed by atoms with Crippen LogP contribution in [0, 0.1) is 5.92 Å². The molecule has 0 aliphatic carbocycles. The smallest absolute Gasteiger partial charge is 0.251 e. The minimum atomic E-state index is -0.802. The number of carbonyl (C=O) groups excluding carboxylic acids is 1. The molecule has 2 rings (SSSR count). The average Bonchev–Trinajstić information content (AvgIpc) is 2.51. The zero-order chi connectivity index (χ0) is 17.2. The van der Waals surface area contributed by atoms with Gasteiger partial charge in [0.05, 0.1) is 14.2 Å². The molecule has 23 heavy (non-hydrogen) atoms. The van der Waals surface area contributed by atoms with Crippen LogP contribution >= 0.6 is 0 Å². The molecule has 0 aromatic heterocycles. The van der Waals surface area contributed by atoms with Crippen LogP contribution in [0.25, 0.3) is 0 Å². The molecule has 5 nitrogen and oxygen atoms in total. The fourth-order valence-corrected chi connectivity index (χ4v) is 2.91. The van der Waals surface area contributed by atoms with Crippen LogP contribution < -0.4 is 4.74 Å². The molecule has 1 aromatic carbocycles. The molecule has 1 aromatic rings. The van der Waals surface area contributed by atoms with E-state index in [1.165, 1.54) is 0 Å². The molecule has 126 valence electrons. The third kappa shape index (κ3) is 3.49. The maximum Gasteiger partial charge on any atom is 0.251 e. The molecule has 1 atom stereocenters. The Hall–Kier alpha value is -2.04. The maximum absolute atomic E-state index is 12.9. The molecule has 0 unspecified atom stereocenters. The number of aliphatic imine (C=N–C) groups is 1. The number of methoxy groups -OCH3 is 2. The molecule has 0 saturated carbocycles. The van der Waals surface area contributed by atoms with Crippen molar-refractivity contribution < 1.29 is 14.3 Å². The minimum Gasteiger partial charge on any atom is -0.497 e. The first-order chi connectivity index (χ1) is 10.8. The first-order valence-corrected chi connectivity index (χ1v) is 7.88. The van der Waals surface area contributed by atoms with Gasteiger partial charge >= 0.3 is 0 Å². The lowest BCUT2D eigenvalue weighted by Crippen LogP contribution is -2.58. The van der Waals surface area contributed by atoms with Crippen LogP contribution in [-0.4, -0.2) is 42.5 Å². The second-order valence-corrected chi connectivity index (χ2v) is 6.68. The Morgan fingerprint density at radius 2 is 1.78 bits per heavy atom. The number of hydrogen-bond acceptors (Lipinski definition) is 4. The summed E-state index contributed by atoms with van der Waals surface area (Å²) in [5.74, 6) is 1.66. The van der Waals surface area contributed by atoms with Gasteiger partial charge in [-0.3, -0.25) is 4.79 Å². The fraction of sp³-hybridized carbons (Fsp3) is 0.556. The summed E-state index contributed by atoms with van der Waals surface area (Å²) in [4.78, 5) is 19.3. The summed E-state index contributed by atoms with van der Waals surface area (Å²) in [5.41, 5.74) is 0.251. The fourth-order valence-electron chi connectivity index (χ4n) is 2.91. The molecule has 0 N–H and O–H groups in total. The largest absolute Gasteiger partial charge is 0.497 e. The van der Waals surface area contributed by atoms with Crippen molar-refractivity contribution in [3.05, 3.63) is 29.8 Å². The Balaban J connectivity index is 2.35. The molecular formula is C18H26N2O3. The van der Waals surface area contributed by atoms with Crippen molar-refractivity contribution in [1.82, 2.24) is 4.90 Å². The molecule has 5 heteroatoms. The van der Waals surface area contributed by atoms with E-state index in [1.54, 1.807) is 14.2 Å². The van der Waals surface area contributed by atoms with Crippen molar-refractivity contribution in [2.75, 3.05) is 14.2 Å². The van der Waals surface area contributed by atoms with E-state index in [9.17, 15) is 4.79 Å². The maximum atomic E-state index is 12.9. The van der Waals surface area contributed by atoms with Crippen molar-refractivity contribution in [2.45, 2.75) is 45.8 Å². The summed E-state index contributed by atoms with van der Waals surface area (Å²) >= 11 is 0. The highest BCUT2D eigenvalue weighted by molar-refractivity contribution is 5.97. The lowest BCUT2D eigenvalue weighted by Gasteiger charge is -2.42.